The molecule has 13 heavy (non-hydrogen) atoms. The molecule has 2 aromatic rings. The van der Waals surface area contributed by atoms with Gasteiger partial charge in [0.1, 0.15) is 17.4 Å². The van der Waals surface area contributed by atoms with Gasteiger partial charge in [-0.25, -0.2) is 14.8 Å². The second kappa shape index (κ2) is 2.51. The number of aromatic amines is 1. The predicted molar refractivity (Wildman–Crippen MR) is 45.4 cm³/mol. The van der Waals surface area contributed by atoms with Crippen molar-refractivity contribution in [2.75, 3.05) is 0 Å². The number of rotatable bonds is 0. The molecular formula is C7H6N4O2. The molecule has 2 rings (SSSR count). The van der Waals surface area contributed by atoms with E-state index in [1.54, 1.807) is 0 Å². The summed E-state index contributed by atoms with van der Waals surface area (Å²) < 4.78 is 0.978. The summed E-state index contributed by atoms with van der Waals surface area (Å²) in [6, 6.07) is 0. The van der Waals surface area contributed by atoms with Crippen LogP contribution in [-0.4, -0.2) is 19.5 Å². The molecule has 0 amide bonds. The zero-order valence-corrected chi connectivity index (χ0v) is 6.81. The van der Waals surface area contributed by atoms with Gasteiger partial charge in [-0.1, -0.05) is 0 Å². The van der Waals surface area contributed by atoms with Crippen LogP contribution in [0, 0.1) is 0 Å². The van der Waals surface area contributed by atoms with E-state index >= 15 is 0 Å². The highest BCUT2D eigenvalue weighted by Gasteiger charge is 2.03. The van der Waals surface area contributed by atoms with Crippen LogP contribution in [0.4, 0.5) is 0 Å². The number of fused-ring (bicyclic) bond motifs is 1. The average molecular weight is 178 g/mol. The van der Waals surface area contributed by atoms with Gasteiger partial charge >= 0.3 is 5.69 Å². The normalized spacial score (nSPS) is 10.5. The highest BCUT2D eigenvalue weighted by molar-refractivity contribution is 5.71. The molecule has 1 N–H and O–H groups in total. The molecule has 0 aliphatic heterocycles. The van der Waals surface area contributed by atoms with E-state index in [2.05, 4.69) is 15.0 Å². The Hall–Kier alpha value is -1.98. The fourth-order valence-corrected chi connectivity index (χ4v) is 1.04. The van der Waals surface area contributed by atoms with Crippen molar-refractivity contribution in [1.82, 2.24) is 19.5 Å². The van der Waals surface area contributed by atoms with Crippen molar-refractivity contribution in [1.29, 1.82) is 0 Å². The van der Waals surface area contributed by atoms with Gasteiger partial charge in [-0.05, 0) is 0 Å². The lowest BCUT2D eigenvalue weighted by Crippen LogP contribution is -2.32. The Morgan fingerprint density at radius 3 is 3.00 bits per heavy atom. The molecular weight excluding hydrogens is 172 g/mol. The predicted octanol–water partition coefficient (Wildman–Crippen LogP) is -0.983. The lowest BCUT2D eigenvalue weighted by molar-refractivity contribution is 0.789. The Balaban J connectivity index is 3.12. The molecule has 0 bridgehead atoms. The molecule has 0 aliphatic carbocycles. The molecule has 0 saturated heterocycles. The van der Waals surface area contributed by atoms with Crippen molar-refractivity contribution < 1.29 is 0 Å². The van der Waals surface area contributed by atoms with Crippen molar-refractivity contribution in [3.05, 3.63) is 33.4 Å². The first-order valence-corrected chi connectivity index (χ1v) is 3.59. The van der Waals surface area contributed by atoms with Gasteiger partial charge in [-0.2, -0.15) is 0 Å². The quantitative estimate of drug-likeness (QED) is 0.562. The second-order valence-electron chi connectivity index (χ2n) is 2.58. The summed E-state index contributed by atoms with van der Waals surface area (Å²) in [7, 11) is 1.40. The van der Waals surface area contributed by atoms with Gasteiger partial charge in [0.15, 0.2) is 0 Å². The molecule has 0 atom stereocenters. The molecule has 0 radical (unpaired) electrons. The maximum Gasteiger partial charge on any atom is 0.329 e. The van der Waals surface area contributed by atoms with E-state index in [-0.39, 0.29) is 11.2 Å². The van der Waals surface area contributed by atoms with Crippen molar-refractivity contribution in [2.24, 2.45) is 7.05 Å². The minimum Gasteiger partial charge on any atom is -0.291 e. The number of aromatic nitrogens is 4. The monoisotopic (exact) mass is 178 g/mol. The Morgan fingerprint density at radius 2 is 2.23 bits per heavy atom. The zero-order chi connectivity index (χ0) is 9.42. The van der Waals surface area contributed by atoms with Crippen LogP contribution in [-0.2, 0) is 7.05 Å². The average Bonchev–Trinajstić information content (AvgIpc) is 2.15. The van der Waals surface area contributed by atoms with Crippen LogP contribution in [0.2, 0.25) is 0 Å². The largest absolute Gasteiger partial charge is 0.329 e. The van der Waals surface area contributed by atoms with E-state index in [0.29, 0.717) is 5.39 Å². The summed E-state index contributed by atoms with van der Waals surface area (Å²) in [5.74, 6) is 0. The molecule has 0 unspecified atom stereocenters. The molecule has 0 aromatic carbocycles. The van der Waals surface area contributed by atoms with Gasteiger partial charge < -0.3 is 0 Å². The van der Waals surface area contributed by atoms with Crippen LogP contribution in [0.3, 0.4) is 0 Å². The lowest BCUT2D eigenvalue weighted by Gasteiger charge is -1.97. The number of nitrogens with one attached hydrogen (secondary N) is 1. The summed E-state index contributed by atoms with van der Waals surface area (Å²) in [4.78, 5) is 32.4. The fraction of sp³-hybridized carbons (Fsp3) is 0.143. The minimum absolute atomic E-state index is 0.267. The molecule has 6 nitrogen and oxygen atoms in total. The summed E-state index contributed by atoms with van der Waals surface area (Å²) in [5.41, 5.74) is -0.598. The first-order valence-electron chi connectivity index (χ1n) is 3.59. The van der Waals surface area contributed by atoms with E-state index in [9.17, 15) is 9.59 Å². The van der Waals surface area contributed by atoms with Gasteiger partial charge in [-0.3, -0.25) is 14.3 Å². The molecule has 66 valence electrons. The SMILES string of the molecule is Cn1c(=O)[nH]c2ncncc2c1=O. The van der Waals surface area contributed by atoms with E-state index in [0.717, 1.165) is 4.57 Å². The van der Waals surface area contributed by atoms with Gasteiger partial charge in [0.05, 0.1) is 0 Å². The van der Waals surface area contributed by atoms with Crippen molar-refractivity contribution >= 4 is 11.0 Å². The van der Waals surface area contributed by atoms with Crippen molar-refractivity contribution in [2.45, 2.75) is 0 Å². The molecule has 2 heterocycles. The Labute approximate surface area is 71.9 Å². The zero-order valence-electron chi connectivity index (χ0n) is 6.81. The molecule has 6 heteroatoms. The third-order valence-corrected chi connectivity index (χ3v) is 1.78. The smallest absolute Gasteiger partial charge is 0.291 e. The van der Waals surface area contributed by atoms with Crippen LogP contribution in [0.15, 0.2) is 22.1 Å². The maximum absolute atomic E-state index is 11.4. The van der Waals surface area contributed by atoms with Gasteiger partial charge in [0.2, 0.25) is 0 Å². The Kier molecular flexibility index (Phi) is 1.48. The number of nitrogens with zero attached hydrogens (tertiary/aromatic N) is 3. The van der Waals surface area contributed by atoms with Gasteiger partial charge in [-0.15, -0.1) is 0 Å². The first kappa shape index (κ1) is 7.66. The summed E-state index contributed by atoms with van der Waals surface area (Å²) in [6.45, 7) is 0. The van der Waals surface area contributed by atoms with E-state index < -0.39 is 5.69 Å². The molecule has 0 spiro atoms. The fourth-order valence-electron chi connectivity index (χ4n) is 1.04. The maximum atomic E-state index is 11.4. The van der Waals surface area contributed by atoms with E-state index in [4.69, 9.17) is 0 Å². The highest BCUT2D eigenvalue weighted by atomic mass is 16.2. The van der Waals surface area contributed by atoms with Crippen LogP contribution >= 0.6 is 0 Å². The number of hydrogen-bond acceptors (Lipinski definition) is 4. The lowest BCUT2D eigenvalue weighted by atomic mass is 10.4. The summed E-state index contributed by atoms with van der Waals surface area (Å²) in [6.07, 6.45) is 2.65. The minimum atomic E-state index is -0.476. The van der Waals surface area contributed by atoms with Crippen LogP contribution < -0.4 is 11.2 Å². The third-order valence-electron chi connectivity index (χ3n) is 1.78. The van der Waals surface area contributed by atoms with Crippen molar-refractivity contribution in [3.63, 3.8) is 0 Å². The number of H-pyrrole nitrogens is 1. The summed E-state index contributed by atoms with van der Waals surface area (Å²) >= 11 is 0. The van der Waals surface area contributed by atoms with Crippen LogP contribution in [0.5, 0.6) is 0 Å². The first-order chi connectivity index (χ1) is 6.20. The van der Waals surface area contributed by atoms with E-state index in [1.807, 2.05) is 0 Å². The number of hydrogen-bond donors (Lipinski definition) is 1. The van der Waals surface area contributed by atoms with E-state index in [1.165, 1.54) is 19.6 Å². The second-order valence-corrected chi connectivity index (χ2v) is 2.58. The van der Waals surface area contributed by atoms with Crippen LogP contribution in [0.1, 0.15) is 0 Å². The molecule has 2 aromatic heterocycles. The van der Waals surface area contributed by atoms with Crippen LogP contribution in [0.25, 0.3) is 11.0 Å². The molecule has 0 fully saturated rings. The molecule has 0 saturated carbocycles. The Morgan fingerprint density at radius 1 is 1.46 bits per heavy atom. The Bertz CT molecular complexity index is 568. The van der Waals surface area contributed by atoms with Gasteiger partial charge in [0.25, 0.3) is 5.56 Å². The van der Waals surface area contributed by atoms with Crippen molar-refractivity contribution in [3.8, 4) is 0 Å². The topological polar surface area (TPSA) is 80.6 Å². The third kappa shape index (κ3) is 1.03. The molecule has 0 aliphatic rings. The van der Waals surface area contributed by atoms with Gasteiger partial charge in [0, 0.05) is 13.2 Å². The standard InChI is InChI=1S/C7H6N4O2/c1-11-6(12)4-2-8-3-9-5(4)10-7(11)13/h2-3H,1H3,(H,8,9,10,13). The highest BCUT2D eigenvalue weighted by Crippen LogP contribution is 1.94. The summed E-state index contributed by atoms with van der Waals surface area (Å²) in [5, 5.41) is 0.310.